The van der Waals surface area contributed by atoms with Gasteiger partial charge < -0.3 is 0 Å². The summed E-state index contributed by atoms with van der Waals surface area (Å²) >= 11 is 0. The summed E-state index contributed by atoms with van der Waals surface area (Å²) in [4.78, 5) is 3.30. The van der Waals surface area contributed by atoms with Crippen molar-refractivity contribution in [1.82, 2.24) is 0 Å². The van der Waals surface area contributed by atoms with Gasteiger partial charge in [-0.25, -0.2) is 5.90 Å². The zero-order valence-electron chi connectivity index (χ0n) is 8.14. The zero-order chi connectivity index (χ0) is 13.3. The lowest BCUT2D eigenvalue weighted by atomic mass is 9.92. The number of rotatable bonds is 2. The Morgan fingerprint density at radius 3 is 1.53 bits per heavy atom. The van der Waals surface area contributed by atoms with Crippen molar-refractivity contribution < 1.29 is 31.2 Å². The first kappa shape index (κ1) is 13.8. The Morgan fingerprint density at radius 1 is 0.824 bits per heavy atom. The van der Waals surface area contributed by atoms with Crippen LogP contribution in [-0.4, -0.2) is 12.4 Å². The molecule has 17 heavy (non-hydrogen) atoms. The van der Waals surface area contributed by atoms with Gasteiger partial charge in [-0.2, -0.15) is 26.3 Å². The minimum Gasteiger partial charge on any atom is -0.274 e. The Kier molecular flexibility index (Phi) is 3.40. The van der Waals surface area contributed by atoms with Gasteiger partial charge in [-0.3, -0.25) is 4.84 Å². The van der Waals surface area contributed by atoms with Crippen LogP contribution in [0.2, 0.25) is 0 Å². The van der Waals surface area contributed by atoms with E-state index in [1.54, 1.807) is 0 Å². The van der Waals surface area contributed by atoms with Crippen LogP contribution in [0.4, 0.5) is 26.3 Å². The van der Waals surface area contributed by atoms with Crippen LogP contribution in [0.1, 0.15) is 5.56 Å². The van der Waals surface area contributed by atoms with Gasteiger partial charge in [0.15, 0.2) is 0 Å². The molecule has 0 aromatic heterocycles. The Hall–Kier alpha value is -1.28. The molecule has 0 unspecified atom stereocenters. The molecule has 96 valence electrons. The highest BCUT2D eigenvalue weighted by molar-refractivity contribution is 5.26. The summed E-state index contributed by atoms with van der Waals surface area (Å²) in [6, 6.07) is 4.63. The smallest absolute Gasteiger partial charge is 0.274 e. The molecular formula is C9H7F6NO. The number of halogens is 6. The summed E-state index contributed by atoms with van der Waals surface area (Å²) in [5, 5.41) is 0. The molecule has 0 aliphatic rings. The van der Waals surface area contributed by atoms with Crippen LogP contribution in [0.15, 0.2) is 30.3 Å². The lowest BCUT2D eigenvalue weighted by molar-refractivity contribution is -0.391. The third-order valence-electron chi connectivity index (χ3n) is 2.16. The van der Waals surface area contributed by atoms with Crippen molar-refractivity contribution in [1.29, 1.82) is 0 Å². The first-order valence-electron chi connectivity index (χ1n) is 4.23. The van der Waals surface area contributed by atoms with Gasteiger partial charge in [0.2, 0.25) is 0 Å². The molecule has 2 nitrogen and oxygen atoms in total. The Bertz CT molecular complexity index is 357. The van der Waals surface area contributed by atoms with E-state index in [0.29, 0.717) is 12.1 Å². The molecule has 8 heteroatoms. The van der Waals surface area contributed by atoms with Crippen LogP contribution in [0, 0.1) is 0 Å². The highest BCUT2D eigenvalue weighted by atomic mass is 19.4. The highest BCUT2D eigenvalue weighted by Gasteiger charge is 2.73. The van der Waals surface area contributed by atoms with E-state index in [9.17, 15) is 26.3 Å². The molecule has 0 saturated carbocycles. The number of benzene rings is 1. The average Bonchev–Trinajstić information content (AvgIpc) is 2.16. The molecule has 0 bridgehead atoms. The second-order valence-electron chi connectivity index (χ2n) is 3.16. The van der Waals surface area contributed by atoms with Crippen LogP contribution >= 0.6 is 0 Å². The van der Waals surface area contributed by atoms with Crippen LogP contribution in [0.5, 0.6) is 0 Å². The topological polar surface area (TPSA) is 35.2 Å². The van der Waals surface area contributed by atoms with Gasteiger partial charge >= 0.3 is 18.0 Å². The fourth-order valence-electron chi connectivity index (χ4n) is 1.36. The molecule has 0 radical (unpaired) electrons. The van der Waals surface area contributed by atoms with Gasteiger partial charge in [0.05, 0.1) is 0 Å². The molecule has 1 rings (SSSR count). The summed E-state index contributed by atoms with van der Waals surface area (Å²) in [6.07, 6.45) is -11.4. The number of alkyl halides is 6. The molecular weight excluding hydrogens is 252 g/mol. The van der Waals surface area contributed by atoms with Crippen molar-refractivity contribution in [2.24, 2.45) is 5.90 Å². The lowest BCUT2D eigenvalue weighted by Crippen LogP contribution is -2.57. The van der Waals surface area contributed by atoms with Gasteiger partial charge in [-0.05, 0) is 0 Å². The van der Waals surface area contributed by atoms with E-state index in [0.717, 1.165) is 12.1 Å². The van der Waals surface area contributed by atoms with Gasteiger partial charge in [0, 0.05) is 5.56 Å². The van der Waals surface area contributed by atoms with Crippen LogP contribution in [-0.2, 0) is 10.4 Å². The normalized spacial score (nSPS) is 13.8. The second-order valence-corrected chi connectivity index (χ2v) is 3.16. The number of hydrogen-bond acceptors (Lipinski definition) is 2. The first-order valence-corrected chi connectivity index (χ1v) is 4.23. The van der Waals surface area contributed by atoms with Crippen molar-refractivity contribution in [2.75, 3.05) is 0 Å². The lowest BCUT2D eigenvalue weighted by Gasteiger charge is -2.35. The second kappa shape index (κ2) is 4.19. The van der Waals surface area contributed by atoms with E-state index in [4.69, 9.17) is 0 Å². The first-order chi connectivity index (χ1) is 7.67. The van der Waals surface area contributed by atoms with E-state index in [1.807, 2.05) is 0 Å². The number of nitrogens with two attached hydrogens (primary N) is 1. The van der Waals surface area contributed by atoms with E-state index in [1.165, 1.54) is 6.07 Å². The molecule has 0 aliphatic carbocycles. The molecule has 0 atom stereocenters. The predicted octanol–water partition coefficient (Wildman–Crippen LogP) is 2.90. The molecule has 1 aromatic carbocycles. The minimum atomic E-state index is -5.72. The summed E-state index contributed by atoms with van der Waals surface area (Å²) in [5.41, 5.74) is -5.64. The van der Waals surface area contributed by atoms with E-state index >= 15 is 0 Å². The third-order valence-corrected chi connectivity index (χ3v) is 2.16. The number of hydrogen-bond donors (Lipinski definition) is 1. The van der Waals surface area contributed by atoms with Gasteiger partial charge in [-0.15, -0.1) is 0 Å². The monoisotopic (exact) mass is 259 g/mol. The summed E-state index contributed by atoms with van der Waals surface area (Å²) in [5.74, 6) is 4.27. The van der Waals surface area contributed by atoms with Gasteiger partial charge in [0.25, 0.3) is 0 Å². The molecule has 0 amide bonds. The maximum atomic E-state index is 12.6. The largest absolute Gasteiger partial charge is 0.432 e. The zero-order valence-corrected chi connectivity index (χ0v) is 8.14. The van der Waals surface area contributed by atoms with Gasteiger partial charge in [0.1, 0.15) is 0 Å². The van der Waals surface area contributed by atoms with Crippen molar-refractivity contribution >= 4 is 0 Å². The molecule has 0 fully saturated rings. The van der Waals surface area contributed by atoms with E-state index in [2.05, 4.69) is 10.7 Å². The van der Waals surface area contributed by atoms with Crippen LogP contribution in [0.25, 0.3) is 0 Å². The molecule has 0 spiro atoms. The maximum Gasteiger partial charge on any atom is 0.432 e. The minimum absolute atomic E-state index is 0.647. The Labute approximate surface area is 91.9 Å². The average molecular weight is 259 g/mol. The van der Waals surface area contributed by atoms with Crippen molar-refractivity contribution in [3.05, 3.63) is 35.9 Å². The fraction of sp³-hybridized carbons (Fsp3) is 0.333. The standard InChI is InChI=1S/C9H7F6NO/c10-8(11,12)7(17-16,9(13,14)15)6-4-2-1-3-5-6/h1-5H,16H2. The van der Waals surface area contributed by atoms with Crippen LogP contribution in [0.3, 0.4) is 0 Å². The summed E-state index contributed by atoms with van der Waals surface area (Å²) in [7, 11) is 0. The predicted molar refractivity (Wildman–Crippen MR) is 45.5 cm³/mol. The summed E-state index contributed by atoms with van der Waals surface area (Å²) in [6.45, 7) is 0. The maximum absolute atomic E-state index is 12.6. The quantitative estimate of drug-likeness (QED) is 0.654. The Balaban J connectivity index is 3.49. The Morgan fingerprint density at radius 2 is 1.24 bits per heavy atom. The van der Waals surface area contributed by atoms with Gasteiger partial charge in [-0.1, -0.05) is 30.3 Å². The fourth-order valence-corrected chi connectivity index (χ4v) is 1.36. The van der Waals surface area contributed by atoms with Crippen molar-refractivity contribution in [2.45, 2.75) is 18.0 Å². The molecule has 0 aliphatic heterocycles. The van der Waals surface area contributed by atoms with E-state index in [-0.39, 0.29) is 0 Å². The molecule has 1 aromatic rings. The molecule has 2 N–H and O–H groups in total. The van der Waals surface area contributed by atoms with Crippen LogP contribution < -0.4 is 5.90 Å². The molecule has 0 heterocycles. The third kappa shape index (κ3) is 2.09. The SMILES string of the molecule is NOC(c1ccccc1)(C(F)(F)F)C(F)(F)F. The van der Waals surface area contributed by atoms with Crippen molar-refractivity contribution in [3.8, 4) is 0 Å². The van der Waals surface area contributed by atoms with Crippen molar-refractivity contribution in [3.63, 3.8) is 0 Å². The summed E-state index contributed by atoms with van der Waals surface area (Å²) < 4.78 is 75.8. The molecule has 0 saturated heterocycles. The highest BCUT2D eigenvalue weighted by Crippen LogP contribution is 2.51. The van der Waals surface area contributed by atoms with E-state index < -0.39 is 23.5 Å².